The van der Waals surface area contributed by atoms with Gasteiger partial charge in [0, 0.05) is 12.1 Å². The van der Waals surface area contributed by atoms with E-state index in [9.17, 15) is 23.0 Å². The minimum absolute atomic E-state index is 0.110. The highest BCUT2D eigenvalue weighted by Gasteiger charge is 2.22. The minimum Gasteiger partial charge on any atom is -0.396 e. The summed E-state index contributed by atoms with van der Waals surface area (Å²) in [5.74, 6) is -0.380. The fourth-order valence-corrected chi connectivity index (χ4v) is 4.42. The highest BCUT2D eigenvalue weighted by atomic mass is 32.2. The van der Waals surface area contributed by atoms with Crippen molar-refractivity contribution in [1.82, 2.24) is 4.72 Å². The predicted molar refractivity (Wildman–Crippen MR) is 112 cm³/mol. The molecule has 3 N–H and O–H groups in total. The standard InChI is InChI=1S/C22H28FNO4S/c1-15-5-6-17(13-20(15)23)21(18(14-26)11-12-25)16-7-9-19(10-8-16)29(27,28)24-22(2,3)4/h5-10,13,24-26H,11-12,14H2,1-4H3. The number of halogens is 1. The van der Waals surface area contributed by atoms with Crippen LogP contribution in [-0.2, 0) is 10.0 Å². The van der Waals surface area contributed by atoms with Gasteiger partial charge in [-0.2, -0.15) is 0 Å². The molecule has 0 aliphatic heterocycles. The molecule has 0 heterocycles. The molecule has 0 amide bonds. The molecule has 29 heavy (non-hydrogen) atoms. The van der Waals surface area contributed by atoms with Crippen LogP contribution in [0, 0.1) is 12.7 Å². The number of sulfonamides is 1. The molecular weight excluding hydrogens is 393 g/mol. The van der Waals surface area contributed by atoms with Crippen LogP contribution in [-0.4, -0.2) is 37.4 Å². The summed E-state index contributed by atoms with van der Waals surface area (Å²) in [6.07, 6.45) is 0.215. The Morgan fingerprint density at radius 3 is 2.10 bits per heavy atom. The topological polar surface area (TPSA) is 86.6 Å². The summed E-state index contributed by atoms with van der Waals surface area (Å²) in [5.41, 5.74) is 2.17. The summed E-state index contributed by atoms with van der Waals surface area (Å²) in [6, 6.07) is 11.0. The summed E-state index contributed by atoms with van der Waals surface area (Å²) in [7, 11) is -3.69. The van der Waals surface area contributed by atoms with Crippen molar-refractivity contribution in [3.05, 3.63) is 70.5 Å². The lowest BCUT2D eigenvalue weighted by molar-refractivity contribution is 0.279. The first-order valence-electron chi connectivity index (χ1n) is 9.33. The van der Waals surface area contributed by atoms with Crippen LogP contribution in [0.4, 0.5) is 4.39 Å². The maximum atomic E-state index is 14.2. The zero-order valence-corrected chi connectivity index (χ0v) is 18.0. The van der Waals surface area contributed by atoms with Gasteiger partial charge in [-0.05, 0) is 80.2 Å². The van der Waals surface area contributed by atoms with Crippen LogP contribution >= 0.6 is 0 Å². The minimum atomic E-state index is -3.69. The SMILES string of the molecule is Cc1ccc(C(=C(CO)CCO)c2ccc(S(=O)(=O)NC(C)(C)C)cc2)cc1F. The molecule has 0 fully saturated rings. The second-order valence-electron chi connectivity index (χ2n) is 7.95. The van der Waals surface area contributed by atoms with Crippen molar-refractivity contribution in [2.45, 2.75) is 44.6 Å². The molecule has 0 aromatic heterocycles. The van der Waals surface area contributed by atoms with E-state index in [1.165, 1.54) is 18.2 Å². The van der Waals surface area contributed by atoms with E-state index >= 15 is 0 Å². The highest BCUT2D eigenvalue weighted by Crippen LogP contribution is 2.30. The maximum absolute atomic E-state index is 14.2. The van der Waals surface area contributed by atoms with E-state index in [0.29, 0.717) is 27.8 Å². The van der Waals surface area contributed by atoms with Crippen LogP contribution < -0.4 is 4.72 Å². The molecule has 2 aromatic rings. The molecular formula is C22H28FNO4S. The van der Waals surface area contributed by atoms with Gasteiger partial charge in [-0.25, -0.2) is 17.5 Å². The van der Waals surface area contributed by atoms with Crippen molar-refractivity contribution in [2.75, 3.05) is 13.2 Å². The van der Waals surface area contributed by atoms with Gasteiger partial charge < -0.3 is 10.2 Å². The molecule has 158 valence electrons. The third-order valence-electron chi connectivity index (χ3n) is 4.31. The van der Waals surface area contributed by atoms with Crippen molar-refractivity contribution in [3.63, 3.8) is 0 Å². The number of nitrogens with one attached hydrogen (secondary N) is 1. The molecule has 2 rings (SSSR count). The molecule has 0 saturated carbocycles. The predicted octanol–water partition coefficient (Wildman–Crippen LogP) is 3.39. The van der Waals surface area contributed by atoms with Crippen molar-refractivity contribution in [3.8, 4) is 0 Å². The Balaban J connectivity index is 2.57. The lowest BCUT2D eigenvalue weighted by atomic mass is 9.91. The number of hydrogen-bond acceptors (Lipinski definition) is 4. The third-order valence-corrected chi connectivity index (χ3v) is 6.09. The van der Waals surface area contributed by atoms with Crippen molar-refractivity contribution < 1.29 is 23.0 Å². The number of benzene rings is 2. The smallest absolute Gasteiger partial charge is 0.241 e. The van der Waals surface area contributed by atoms with Gasteiger partial charge in [0.1, 0.15) is 5.82 Å². The lowest BCUT2D eigenvalue weighted by Gasteiger charge is -2.20. The van der Waals surface area contributed by atoms with Crippen LogP contribution in [0.25, 0.3) is 5.57 Å². The quantitative estimate of drug-likeness (QED) is 0.640. The maximum Gasteiger partial charge on any atom is 0.241 e. The van der Waals surface area contributed by atoms with Gasteiger partial charge in [0.2, 0.25) is 10.0 Å². The van der Waals surface area contributed by atoms with E-state index in [1.54, 1.807) is 52.0 Å². The van der Waals surface area contributed by atoms with Gasteiger partial charge in [0.15, 0.2) is 0 Å². The summed E-state index contributed by atoms with van der Waals surface area (Å²) >= 11 is 0. The van der Waals surface area contributed by atoms with Gasteiger partial charge in [0.25, 0.3) is 0 Å². The largest absolute Gasteiger partial charge is 0.396 e. The molecule has 0 bridgehead atoms. The summed E-state index contributed by atoms with van der Waals surface area (Å²) in [6.45, 7) is 6.45. The number of hydrogen-bond donors (Lipinski definition) is 3. The van der Waals surface area contributed by atoms with E-state index in [0.717, 1.165) is 0 Å². The second kappa shape index (κ2) is 9.17. The van der Waals surface area contributed by atoms with E-state index in [4.69, 9.17) is 0 Å². The van der Waals surface area contributed by atoms with E-state index in [-0.39, 0.29) is 30.3 Å². The Bertz CT molecular complexity index is 990. The molecule has 0 aliphatic carbocycles. The Morgan fingerprint density at radius 1 is 1.03 bits per heavy atom. The van der Waals surface area contributed by atoms with E-state index < -0.39 is 15.6 Å². The second-order valence-corrected chi connectivity index (χ2v) is 9.64. The van der Waals surface area contributed by atoms with Gasteiger partial charge >= 0.3 is 0 Å². The monoisotopic (exact) mass is 421 g/mol. The zero-order valence-electron chi connectivity index (χ0n) is 17.2. The van der Waals surface area contributed by atoms with E-state index in [1.807, 2.05) is 0 Å². The first-order valence-corrected chi connectivity index (χ1v) is 10.8. The molecule has 0 atom stereocenters. The van der Waals surface area contributed by atoms with Crippen molar-refractivity contribution in [1.29, 1.82) is 0 Å². The summed E-state index contributed by atoms with van der Waals surface area (Å²) in [4.78, 5) is 0.110. The summed E-state index contributed by atoms with van der Waals surface area (Å²) in [5, 5.41) is 19.2. The number of aliphatic hydroxyl groups excluding tert-OH is 2. The molecule has 7 heteroatoms. The molecule has 0 aliphatic rings. The van der Waals surface area contributed by atoms with Crippen molar-refractivity contribution >= 4 is 15.6 Å². The van der Waals surface area contributed by atoms with Crippen molar-refractivity contribution in [2.24, 2.45) is 0 Å². The average molecular weight is 422 g/mol. The van der Waals surface area contributed by atoms with Gasteiger partial charge in [0.05, 0.1) is 11.5 Å². The van der Waals surface area contributed by atoms with Crippen LogP contribution in [0.15, 0.2) is 52.9 Å². The fourth-order valence-electron chi connectivity index (χ4n) is 3.00. The Kier molecular flexibility index (Phi) is 7.35. The van der Waals surface area contributed by atoms with Crippen LogP contribution in [0.5, 0.6) is 0 Å². The average Bonchev–Trinajstić information content (AvgIpc) is 2.62. The van der Waals surface area contributed by atoms with Gasteiger partial charge in [-0.15, -0.1) is 0 Å². The zero-order chi connectivity index (χ0) is 21.8. The Labute approximate surface area is 172 Å². The number of rotatable bonds is 7. The molecule has 0 spiro atoms. The summed E-state index contributed by atoms with van der Waals surface area (Å²) < 4.78 is 41.8. The number of aliphatic hydroxyl groups is 2. The normalized spacial score (nSPS) is 13.3. The molecule has 0 radical (unpaired) electrons. The van der Waals surface area contributed by atoms with Gasteiger partial charge in [-0.1, -0.05) is 24.3 Å². The van der Waals surface area contributed by atoms with Crippen LogP contribution in [0.1, 0.15) is 43.9 Å². The molecule has 0 unspecified atom stereocenters. The molecule has 0 saturated heterocycles. The van der Waals surface area contributed by atoms with E-state index in [2.05, 4.69) is 4.72 Å². The molecule has 5 nitrogen and oxygen atoms in total. The van der Waals surface area contributed by atoms with Gasteiger partial charge in [-0.3, -0.25) is 0 Å². The van der Waals surface area contributed by atoms with Crippen LogP contribution in [0.3, 0.4) is 0 Å². The lowest BCUT2D eigenvalue weighted by Crippen LogP contribution is -2.40. The first kappa shape index (κ1) is 23.2. The highest BCUT2D eigenvalue weighted by molar-refractivity contribution is 7.89. The Morgan fingerprint density at radius 2 is 1.62 bits per heavy atom. The fraction of sp³-hybridized carbons (Fsp3) is 0.364. The van der Waals surface area contributed by atoms with Crippen LogP contribution in [0.2, 0.25) is 0 Å². The Hall–Kier alpha value is -2.06. The third kappa shape index (κ3) is 5.96. The first-order chi connectivity index (χ1) is 13.5. The number of aryl methyl sites for hydroxylation is 1. The molecule has 2 aromatic carbocycles.